The number of aromatic nitrogens is 5. The van der Waals surface area contributed by atoms with E-state index in [0.717, 1.165) is 4.52 Å². The number of fused-ring (bicyclic) bond motifs is 3. The molecular formula is C16H10F3N5O2. The van der Waals surface area contributed by atoms with Crippen molar-refractivity contribution in [1.82, 2.24) is 24.1 Å². The van der Waals surface area contributed by atoms with Crippen LogP contribution in [-0.4, -0.2) is 31.3 Å². The highest BCUT2D eigenvalue weighted by molar-refractivity contribution is 5.79. The Morgan fingerprint density at radius 2 is 1.85 bits per heavy atom. The van der Waals surface area contributed by atoms with E-state index in [1.807, 2.05) is 0 Å². The number of hydrogen-bond donors (Lipinski definition) is 0. The van der Waals surface area contributed by atoms with Crippen molar-refractivity contribution in [2.24, 2.45) is 0 Å². The summed E-state index contributed by atoms with van der Waals surface area (Å²) in [5.74, 6) is -0.906. The van der Waals surface area contributed by atoms with E-state index in [1.165, 1.54) is 30.1 Å². The molecule has 26 heavy (non-hydrogen) atoms. The molecule has 3 aromatic heterocycles. The zero-order valence-electron chi connectivity index (χ0n) is 13.2. The molecule has 0 amide bonds. The van der Waals surface area contributed by atoms with Crippen LogP contribution in [0.4, 0.5) is 13.2 Å². The monoisotopic (exact) mass is 361 g/mol. The van der Waals surface area contributed by atoms with Crippen molar-refractivity contribution >= 4 is 16.7 Å². The second-order valence-electron chi connectivity index (χ2n) is 5.39. The zero-order valence-corrected chi connectivity index (χ0v) is 13.2. The van der Waals surface area contributed by atoms with Crippen LogP contribution in [0.15, 0.2) is 47.5 Å². The van der Waals surface area contributed by atoms with Crippen LogP contribution in [0.5, 0.6) is 5.75 Å². The van der Waals surface area contributed by atoms with Crippen molar-refractivity contribution in [2.75, 3.05) is 7.11 Å². The normalized spacial score (nSPS) is 12.0. The lowest BCUT2D eigenvalue weighted by molar-refractivity contribution is -0.144. The standard InChI is InChI=1S/C16H10F3N5O2/c1-26-10-4-2-9(3-5-10)23-7-6-12-11(13(23)25)8-20-15-21-14(16(17,18)19)22-24(12)15/h2-8H,1H3. The molecule has 0 spiro atoms. The van der Waals surface area contributed by atoms with E-state index >= 15 is 0 Å². The molecule has 0 saturated carbocycles. The molecule has 0 N–H and O–H groups in total. The second-order valence-corrected chi connectivity index (χ2v) is 5.39. The molecule has 10 heteroatoms. The number of ether oxygens (including phenoxy) is 1. The Morgan fingerprint density at radius 1 is 1.12 bits per heavy atom. The van der Waals surface area contributed by atoms with E-state index in [4.69, 9.17) is 4.74 Å². The van der Waals surface area contributed by atoms with Crippen molar-refractivity contribution in [1.29, 1.82) is 0 Å². The van der Waals surface area contributed by atoms with Crippen molar-refractivity contribution in [3.63, 3.8) is 0 Å². The van der Waals surface area contributed by atoms with E-state index in [0.29, 0.717) is 11.4 Å². The summed E-state index contributed by atoms with van der Waals surface area (Å²) in [5.41, 5.74) is 0.325. The van der Waals surface area contributed by atoms with Gasteiger partial charge in [-0.15, -0.1) is 5.10 Å². The van der Waals surface area contributed by atoms with Gasteiger partial charge in [-0.3, -0.25) is 9.36 Å². The Morgan fingerprint density at radius 3 is 2.50 bits per heavy atom. The molecule has 4 aromatic rings. The van der Waals surface area contributed by atoms with Crippen molar-refractivity contribution in [2.45, 2.75) is 6.18 Å². The van der Waals surface area contributed by atoms with Crippen molar-refractivity contribution in [3.05, 3.63) is 58.9 Å². The minimum atomic E-state index is -4.70. The third-order valence-corrected chi connectivity index (χ3v) is 3.84. The van der Waals surface area contributed by atoms with Crippen LogP contribution in [0, 0.1) is 0 Å². The van der Waals surface area contributed by atoms with Crippen LogP contribution in [0.25, 0.3) is 22.4 Å². The van der Waals surface area contributed by atoms with Crippen LogP contribution in [-0.2, 0) is 6.18 Å². The first kappa shape index (κ1) is 16.1. The number of hydrogen-bond acceptors (Lipinski definition) is 5. The maximum atomic E-state index is 12.8. The predicted octanol–water partition coefficient (Wildman–Crippen LogP) is 2.46. The zero-order chi connectivity index (χ0) is 18.5. The fourth-order valence-electron chi connectivity index (χ4n) is 2.59. The Labute approximate surface area is 143 Å². The summed E-state index contributed by atoms with van der Waals surface area (Å²) in [7, 11) is 1.53. The van der Waals surface area contributed by atoms with Gasteiger partial charge in [-0.2, -0.15) is 22.7 Å². The van der Waals surface area contributed by atoms with Crippen molar-refractivity contribution < 1.29 is 17.9 Å². The van der Waals surface area contributed by atoms with Gasteiger partial charge in [-0.05, 0) is 30.3 Å². The van der Waals surface area contributed by atoms with Crippen LogP contribution < -0.4 is 10.3 Å². The number of methoxy groups -OCH3 is 1. The van der Waals surface area contributed by atoms with Crippen LogP contribution in [0.1, 0.15) is 5.82 Å². The summed E-state index contributed by atoms with van der Waals surface area (Å²) in [4.78, 5) is 19.9. The summed E-state index contributed by atoms with van der Waals surface area (Å²) in [6.07, 6.45) is -2.04. The van der Waals surface area contributed by atoms with Gasteiger partial charge in [0.2, 0.25) is 0 Å². The van der Waals surface area contributed by atoms with Crippen LogP contribution >= 0.6 is 0 Å². The number of benzene rings is 1. The summed E-state index contributed by atoms with van der Waals surface area (Å²) in [6, 6.07) is 8.26. The van der Waals surface area contributed by atoms with Gasteiger partial charge in [-0.25, -0.2) is 4.98 Å². The summed E-state index contributed by atoms with van der Waals surface area (Å²) in [6.45, 7) is 0. The molecule has 0 aliphatic rings. The Kier molecular flexibility index (Phi) is 3.43. The molecule has 0 aliphatic heterocycles. The van der Waals surface area contributed by atoms with Gasteiger partial charge >= 0.3 is 6.18 Å². The van der Waals surface area contributed by atoms with Crippen LogP contribution in [0.2, 0.25) is 0 Å². The van der Waals surface area contributed by atoms with Gasteiger partial charge in [0.1, 0.15) is 5.75 Å². The van der Waals surface area contributed by atoms with E-state index in [1.54, 1.807) is 24.3 Å². The molecule has 1 aromatic carbocycles. The lowest BCUT2D eigenvalue weighted by atomic mass is 10.2. The molecule has 4 rings (SSSR count). The predicted molar refractivity (Wildman–Crippen MR) is 85.4 cm³/mol. The second kappa shape index (κ2) is 5.55. The minimum Gasteiger partial charge on any atom is -0.497 e. The SMILES string of the molecule is COc1ccc(-n2ccc3c(cnc4nc(C(F)(F)F)nn43)c2=O)cc1. The van der Waals surface area contributed by atoms with E-state index in [2.05, 4.69) is 15.1 Å². The fourth-order valence-corrected chi connectivity index (χ4v) is 2.59. The van der Waals surface area contributed by atoms with Gasteiger partial charge in [0, 0.05) is 18.1 Å². The molecule has 0 aliphatic carbocycles. The first-order chi connectivity index (χ1) is 12.4. The fraction of sp³-hybridized carbons (Fsp3) is 0.125. The summed E-state index contributed by atoms with van der Waals surface area (Å²) < 4.78 is 45.8. The quantitative estimate of drug-likeness (QED) is 0.548. The average Bonchev–Trinajstić information content (AvgIpc) is 3.07. The lowest BCUT2D eigenvalue weighted by Crippen LogP contribution is -2.18. The molecule has 0 saturated heterocycles. The third-order valence-electron chi connectivity index (χ3n) is 3.84. The maximum Gasteiger partial charge on any atom is 0.453 e. The number of alkyl halides is 3. The molecule has 3 heterocycles. The molecule has 7 nitrogen and oxygen atoms in total. The Balaban J connectivity index is 1.92. The first-order valence-corrected chi connectivity index (χ1v) is 7.37. The smallest absolute Gasteiger partial charge is 0.453 e. The topological polar surface area (TPSA) is 74.3 Å². The summed E-state index contributed by atoms with van der Waals surface area (Å²) >= 11 is 0. The first-order valence-electron chi connectivity index (χ1n) is 7.37. The highest BCUT2D eigenvalue weighted by Gasteiger charge is 2.36. The van der Waals surface area contributed by atoms with Gasteiger partial charge in [0.05, 0.1) is 18.0 Å². The largest absolute Gasteiger partial charge is 0.497 e. The molecular weight excluding hydrogens is 351 g/mol. The number of pyridine rings is 1. The molecule has 0 fully saturated rings. The minimum absolute atomic E-state index is 0.120. The highest BCUT2D eigenvalue weighted by Crippen LogP contribution is 2.26. The molecule has 0 atom stereocenters. The molecule has 0 radical (unpaired) electrons. The number of rotatable bonds is 2. The lowest BCUT2D eigenvalue weighted by Gasteiger charge is -2.08. The van der Waals surface area contributed by atoms with E-state index in [-0.39, 0.29) is 16.7 Å². The Hall–Kier alpha value is -3.43. The third kappa shape index (κ3) is 2.46. The molecule has 0 bridgehead atoms. The molecule has 132 valence electrons. The Bertz CT molecular complexity index is 1180. The van der Waals surface area contributed by atoms with E-state index in [9.17, 15) is 18.0 Å². The summed E-state index contributed by atoms with van der Waals surface area (Å²) in [5, 5.41) is 3.55. The van der Waals surface area contributed by atoms with Gasteiger partial charge in [0.15, 0.2) is 0 Å². The van der Waals surface area contributed by atoms with Gasteiger partial charge in [-0.1, -0.05) is 0 Å². The number of nitrogens with zero attached hydrogens (tertiary/aromatic N) is 5. The van der Waals surface area contributed by atoms with E-state index < -0.39 is 17.6 Å². The van der Waals surface area contributed by atoms with Crippen LogP contribution in [0.3, 0.4) is 0 Å². The van der Waals surface area contributed by atoms with Crippen molar-refractivity contribution in [3.8, 4) is 11.4 Å². The highest BCUT2D eigenvalue weighted by atomic mass is 19.4. The van der Waals surface area contributed by atoms with Gasteiger partial charge < -0.3 is 4.74 Å². The van der Waals surface area contributed by atoms with Gasteiger partial charge in [0.25, 0.3) is 17.2 Å². The average molecular weight is 361 g/mol. The molecule has 0 unspecified atom stereocenters. The maximum absolute atomic E-state index is 12.8. The number of halogens is 3.